The number of ether oxygens (including phenoxy) is 2. The van der Waals surface area contributed by atoms with Crippen molar-refractivity contribution in [3.8, 4) is 0 Å². The Morgan fingerprint density at radius 3 is 2.53 bits per heavy atom. The normalized spacial score (nSPS) is 17.7. The monoisotopic (exact) mass is 545 g/mol. The van der Waals surface area contributed by atoms with Gasteiger partial charge in [0.05, 0.1) is 12.5 Å². The number of rotatable bonds is 9. The number of fused-ring (bicyclic) bond motifs is 1. The number of likely N-dealkylation sites (tertiary alicyclic amines) is 1. The highest BCUT2D eigenvalue weighted by atomic mass is 35.5. The molecule has 1 unspecified atom stereocenters. The topological polar surface area (TPSA) is 108 Å². The molecule has 0 aromatic heterocycles. The minimum Gasteiger partial charge on any atom is -0.481 e. The van der Waals surface area contributed by atoms with E-state index in [1.807, 2.05) is 48.5 Å². The number of carbonyl (C=O) groups is 3. The Morgan fingerprint density at radius 1 is 1.08 bits per heavy atom. The number of nitrogens with one attached hydrogen (secondary N) is 1. The van der Waals surface area contributed by atoms with E-state index in [0.29, 0.717) is 50.6 Å². The molecule has 1 saturated heterocycles. The maximum Gasteiger partial charge on any atom is 0.410 e. The fourth-order valence-corrected chi connectivity index (χ4v) is 4.92. The van der Waals surface area contributed by atoms with Crippen molar-refractivity contribution in [3.05, 3.63) is 65.2 Å². The van der Waals surface area contributed by atoms with Crippen LogP contribution in [0.15, 0.2) is 48.5 Å². The quantitative estimate of drug-likeness (QED) is 0.484. The fraction of sp³-hybridized carbons (Fsp3) is 0.464. The first kappa shape index (κ1) is 29.4. The van der Waals surface area contributed by atoms with E-state index in [4.69, 9.17) is 14.6 Å². The van der Waals surface area contributed by atoms with Crippen LogP contribution in [0.4, 0.5) is 10.5 Å². The Balaban J connectivity index is 0.00000400. The van der Waals surface area contributed by atoms with Crippen LogP contribution in [0.1, 0.15) is 48.8 Å². The molecule has 0 saturated carbocycles. The van der Waals surface area contributed by atoms with Crippen LogP contribution in [0.3, 0.4) is 0 Å². The molecule has 4 rings (SSSR count). The molecule has 10 heteroatoms. The lowest BCUT2D eigenvalue weighted by atomic mass is 9.90. The molecule has 0 radical (unpaired) electrons. The Bertz CT molecular complexity index is 1090. The highest BCUT2D eigenvalue weighted by Crippen LogP contribution is 2.30. The van der Waals surface area contributed by atoms with Crippen LogP contribution in [0.2, 0.25) is 0 Å². The molecule has 2 aromatic carbocycles. The number of anilines is 1. The van der Waals surface area contributed by atoms with Crippen LogP contribution >= 0.6 is 12.4 Å². The number of aliphatic carboxylic acids is 1. The number of benzene rings is 2. The van der Waals surface area contributed by atoms with Crippen molar-refractivity contribution in [3.63, 3.8) is 0 Å². The summed E-state index contributed by atoms with van der Waals surface area (Å²) in [5.41, 5.74) is 3.99. The summed E-state index contributed by atoms with van der Waals surface area (Å²) in [4.78, 5) is 39.6. The zero-order valence-corrected chi connectivity index (χ0v) is 22.5. The highest BCUT2D eigenvalue weighted by Gasteiger charge is 2.25. The number of piperidine rings is 1. The lowest BCUT2D eigenvalue weighted by Crippen LogP contribution is -2.41. The van der Waals surface area contributed by atoms with Crippen LogP contribution in [-0.4, -0.2) is 71.8 Å². The van der Waals surface area contributed by atoms with Gasteiger partial charge >= 0.3 is 12.1 Å². The Labute approximate surface area is 229 Å². The lowest BCUT2D eigenvalue weighted by Gasteiger charge is -2.33. The molecule has 9 nitrogen and oxygen atoms in total. The van der Waals surface area contributed by atoms with Crippen molar-refractivity contribution in [2.45, 2.75) is 51.4 Å². The van der Waals surface area contributed by atoms with E-state index < -0.39 is 5.97 Å². The van der Waals surface area contributed by atoms with Gasteiger partial charge in [0.25, 0.3) is 0 Å². The van der Waals surface area contributed by atoms with Crippen molar-refractivity contribution < 1.29 is 29.0 Å². The van der Waals surface area contributed by atoms with E-state index in [1.54, 1.807) is 4.90 Å². The second-order valence-electron chi connectivity index (χ2n) is 9.78. The maximum absolute atomic E-state index is 12.5. The van der Waals surface area contributed by atoms with E-state index >= 15 is 0 Å². The van der Waals surface area contributed by atoms with Gasteiger partial charge in [-0.2, -0.15) is 0 Å². The molecular weight excluding hydrogens is 510 g/mol. The van der Waals surface area contributed by atoms with E-state index in [1.165, 1.54) is 5.56 Å². The minimum atomic E-state index is -0.798. The first-order valence-electron chi connectivity index (χ1n) is 12.8. The molecule has 1 fully saturated rings. The Kier molecular flexibility index (Phi) is 10.9. The molecule has 2 N–H and O–H groups in total. The minimum absolute atomic E-state index is 0. The molecule has 1 atom stereocenters. The second kappa shape index (κ2) is 14.1. The summed E-state index contributed by atoms with van der Waals surface area (Å²) in [5, 5.41) is 11.9. The zero-order valence-electron chi connectivity index (χ0n) is 21.6. The van der Waals surface area contributed by atoms with Gasteiger partial charge in [-0.3, -0.25) is 14.5 Å². The highest BCUT2D eigenvalue weighted by molar-refractivity contribution is 5.91. The van der Waals surface area contributed by atoms with Gasteiger partial charge in [0.2, 0.25) is 5.91 Å². The van der Waals surface area contributed by atoms with Gasteiger partial charge in [0.1, 0.15) is 13.2 Å². The molecule has 206 valence electrons. The van der Waals surface area contributed by atoms with Gasteiger partial charge in [-0.05, 0) is 47.6 Å². The molecule has 38 heavy (non-hydrogen) atoms. The summed E-state index contributed by atoms with van der Waals surface area (Å²) < 4.78 is 11.2. The summed E-state index contributed by atoms with van der Waals surface area (Å²) >= 11 is 0. The number of carbonyl (C=O) groups excluding carboxylic acids is 2. The third-order valence-corrected chi connectivity index (χ3v) is 6.88. The van der Waals surface area contributed by atoms with Crippen molar-refractivity contribution in [1.29, 1.82) is 0 Å². The van der Waals surface area contributed by atoms with Crippen LogP contribution < -0.4 is 5.32 Å². The third kappa shape index (κ3) is 8.44. The third-order valence-electron chi connectivity index (χ3n) is 6.88. The molecule has 0 spiro atoms. The predicted octanol–water partition coefficient (Wildman–Crippen LogP) is 4.26. The molecular formula is C28H36ClN3O6. The number of carboxylic acids is 1. The van der Waals surface area contributed by atoms with Crippen LogP contribution in [0.5, 0.6) is 0 Å². The molecule has 2 heterocycles. The number of hydrogen-bond donors (Lipinski definition) is 2. The van der Waals surface area contributed by atoms with E-state index in [9.17, 15) is 14.4 Å². The molecule has 2 aliphatic heterocycles. The van der Waals surface area contributed by atoms with Crippen molar-refractivity contribution in [2.24, 2.45) is 0 Å². The number of amides is 2. The fourth-order valence-electron chi connectivity index (χ4n) is 4.92. The van der Waals surface area contributed by atoms with Gasteiger partial charge in [-0.15, -0.1) is 12.4 Å². The largest absolute Gasteiger partial charge is 0.481 e. The first-order valence-corrected chi connectivity index (χ1v) is 12.8. The van der Waals surface area contributed by atoms with E-state index in [0.717, 1.165) is 17.7 Å². The molecule has 0 aliphatic carbocycles. The van der Waals surface area contributed by atoms with Crippen molar-refractivity contribution >= 4 is 36.1 Å². The average molecular weight is 546 g/mol. The summed E-state index contributed by atoms with van der Waals surface area (Å²) in [6.07, 6.45) is 0.996. The maximum atomic E-state index is 12.5. The molecule has 2 aliphatic rings. The first-order chi connectivity index (χ1) is 17.9. The number of nitrogens with zero attached hydrogens (tertiary/aromatic N) is 2. The SMILES string of the molecule is CC1CN(CCC(=O)O)Cc2cc(NC(=O)COC3CCN(C(=O)OCc4ccccc4)CC3)ccc21.Cl. The summed E-state index contributed by atoms with van der Waals surface area (Å²) in [6, 6.07) is 15.5. The smallest absolute Gasteiger partial charge is 0.410 e. The number of carboxylic acid groups (broad SMARTS) is 1. The van der Waals surface area contributed by atoms with E-state index in [2.05, 4.69) is 17.1 Å². The molecule has 0 bridgehead atoms. The molecule has 2 aromatic rings. The summed E-state index contributed by atoms with van der Waals surface area (Å²) in [6.45, 7) is 5.38. The zero-order chi connectivity index (χ0) is 26.2. The van der Waals surface area contributed by atoms with Crippen LogP contribution in [0.25, 0.3) is 0 Å². The van der Waals surface area contributed by atoms with Gasteiger partial charge in [0.15, 0.2) is 0 Å². The van der Waals surface area contributed by atoms with Crippen LogP contribution in [-0.2, 0) is 32.2 Å². The van der Waals surface area contributed by atoms with Crippen molar-refractivity contribution in [2.75, 3.05) is 38.1 Å². The van der Waals surface area contributed by atoms with Gasteiger partial charge in [-0.1, -0.05) is 43.3 Å². The predicted molar refractivity (Wildman–Crippen MR) is 145 cm³/mol. The Hall–Kier alpha value is -3.14. The number of hydrogen-bond acceptors (Lipinski definition) is 6. The molecule has 2 amide bonds. The standard InChI is InChI=1S/C28H35N3O6.ClH/c1-20-16-30(12-11-27(33)34)17-22-15-23(7-8-25(20)22)29-26(32)19-36-24-9-13-31(14-10-24)28(35)37-18-21-5-3-2-4-6-21;/h2-8,15,20,24H,9-14,16-19H2,1H3,(H,29,32)(H,33,34);1H. The van der Waals surface area contributed by atoms with Gasteiger partial charge in [0, 0.05) is 38.4 Å². The second-order valence-corrected chi connectivity index (χ2v) is 9.78. The Morgan fingerprint density at radius 2 is 1.82 bits per heavy atom. The summed E-state index contributed by atoms with van der Waals surface area (Å²) in [5.74, 6) is -0.725. The van der Waals surface area contributed by atoms with E-state index in [-0.39, 0.29) is 50.1 Å². The van der Waals surface area contributed by atoms with Crippen molar-refractivity contribution in [1.82, 2.24) is 9.80 Å². The van der Waals surface area contributed by atoms with Crippen LogP contribution in [0, 0.1) is 0 Å². The van der Waals surface area contributed by atoms with Gasteiger partial charge < -0.3 is 24.8 Å². The lowest BCUT2D eigenvalue weighted by molar-refractivity contribution is -0.137. The van der Waals surface area contributed by atoms with Gasteiger partial charge in [-0.25, -0.2) is 4.79 Å². The number of halogens is 1. The average Bonchev–Trinajstić information content (AvgIpc) is 2.90. The summed E-state index contributed by atoms with van der Waals surface area (Å²) in [7, 11) is 0.